The number of aryl methyl sites for hydroxylation is 1. The van der Waals surface area contributed by atoms with Crippen molar-refractivity contribution in [2.75, 3.05) is 20.2 Å². The first-order valence-electron chi connectivity index (χ1n) is 10.2. The number of aromatic nitrogens is 1. The summed E-state index contributed by atoms with van der Waals surface area (Å²) in [7, 11) is 1.56. The maximum Gasteiger partial charge on any atom is 0.272 e. The summed E-state index contributed by atoms with van der Waals surface area (Å²) in [4.78, 5) is 31.8. The molecular weight excluding hydrogens is 378 g/mol. The summed E-state index contributed by atoms with van der Waals surface area (Å²) < 4.78 is 5.39. The molecule has 2 aromatic carbocycles. The number of carbonyl (C=O) groups is 2. The molecule has 154 valence electrons. The standard InChI is InChI=1S/C24H25N3O3/c1-16-7-3-5-9-19(16)22(28)25-18-11-13-27(14-12-18)24(29)21-15-17-8-4-6-10-20(17)23(26-21)30-2/h3-10,15,18H,11-14H2,1-2H3,(H,25,28). The van der Waals surface area contributed by atoms with Crippen molar-refractivity contribution in [2.24, 2.45) is 0 Å². The fraction of sp³-hybridized carbons (Fsp3) is 0.292. The lowest BCUT2D eigenvalue weighted by Gasteiger charge is -2.32. The van der Waals surface area contributed by atoms with Crippen LogP contribution in [0.2, 0.25) is 0 Å². The summed E-state index contributed by atoms with van der Waals surface area (Å²) in [5, 5.41) is 4.91. The number of rotatable bonds is 4. The molecule has 2 heterocycles. The van der Waals surface area contributed by atoms with E-state index in [0.717, 1.165) is 16.3 Å². The molecule has 1 saturated heterocycles. The van der Waals surface area contributed by atoms with Crippen molar-refractivity contribution in [3.05, 3.63) is 71.4 Å². The number of hydrogen-bond acceptors (Lipinski definition) is 4. The monoisotopic (exact) mass is 403 g/mol. The minimum atomic E-state index is -0.109. The Bertz CT molecular complexity index is 1090. The second-order valence-electron chi connectivity index (χ2n) is 7.59. The number of methoxy groups -OCH3 is 1. The zero-order valence-electron chi connectivity index (χ0n) is 17.2. The number of likely N-dealkylation sites (tertiary alicyclic amines) is 1. The minimum Gasteiger partial charge on any atom is -0.481 e. The third-order valence-corrected chi connectivity index (χ3v) is 5.62. The molecule has 0 radical (unpaired) electrons. The van der Waals surface area contributed by atoms with E-state index in [0.29, 0.717) is 43.1 Å². The molecule has 30 heavy (non-hydrogen) atoms. The van der Waals surface area contributed by atoms with E-state index in [2.05, 4.69) is 10.3 Å². The van der Waals surface area contributed by atoms with Crippen molar-refractivity contribution in [1.29, 1.82) is 0 Å². The molecular formula is C24H25N3O3. The second kappa shape index (κ2) is 8.53. The van der Waals surface area contributed by atoms with E-state index in [9.17, 15) is 9.59 Å². The molecule has 1 fully saturated rings. The van der Waals surface area contributed by atoms with E-state index in [-0.39, 0.29) is 17.9 Å². The normalized spacial score (nSPS) is 14.5. The maximum atomic E-state index is 13.0. The lowest BCUT2D eigenvalue weighted by atomic mass is 10.0. The predicted octanol–water partition coefficient (Wildman–Crippen LogP) is 3.59. The number of piperidine rings is 1. The van der Waals surface area contributed by atoms with Crippen LogP contribution in [0, 0.1) is 6.92 Å². The van der Waals surface area contributed by atoms with E-state index < -0.39 is 0 Å². The van der Waals surface area contributed by atoms with Crippen LogP contribution in [0.25, 0.3) is 10.8 Å². The Labute approximate surface area is 175 Å². The van der Waals surface area contributed by atoms with Gasteiger partial charge in [-0.2, -0.15) is 0 Å². The second-order valence-corrected chi connectivity index (χ2v) is 7.59. The van der Waals surface area contributed by atoms with Crippen molar-refractivity contribution in [3.8, 4) is 5.88 Å². The number of carbonyl (C=O) groups excluding carboxylic acids is 2. The molecule has 0 bridgehead atoms. The summed E-state index contributed by atoms with van der Waals surface area (Å²) >= 11 is 0. The third kappa shape index (κ3) is 3.99. The Morgan fingerprint density at radius 2 is 1.77 bits per heavy atom. The van der Waals surface area contributed by atoms with Gasteiger partial charge in [-0.1, -0.05) is 36.4 Å². The van der Waals surface area contributed by atoms with Gasteiger partial charge in [0.15, 0.2) is 0 Å². The molecule has 6 nitrogen and oxygen atoms in total. The lowest BCUT2D eigenvalue weighted by Crippen LogP contribution is -2.46. The average Bonchev–Trinajstić information content (AvgIpc) is 2.78. The Morgan fingerprint density at radius 1 is 1.07 bits per heavy atom. The number of amides is 2. The first kappa shape index (κ1) is 19.9. The van der Waals surface area contributed by atoms with Crippen molar-refractivity contribution in [2.45, 2.75) is 25.8 Å². The van der Waals surface area contributed by atoms with Crippen molar-refractivity contribution in [1.82, 2.24) is 15.2 Å². The fourth-order valence-corrected chi connectivity index (χ4v) is 3.91. The highest BCUT2D eigenvalue weighted by Crippen LogP contribution is 2.25. The molecule has 0 saturated carbocycles. The number of ether oxygens (including phenoxy) is 1. The molecule has 1 aliphatic rings. The maximum absolute atomic E-state index is 13.0. The van der Waals surface area contributed by atoms with Gasteiger partial charge in [0.25, 0.3) is 11.8 Å². The van der Waals surface area contributed by atoms with Crippen LogP contribution >= 0.6 is 0 Å². The smallest absolute Gasteiger partial charge is 0.272 e. The van der Waals surface area contributed by atoms with Gasteiger partial charge in [-0.3, -0.25) is 9.59 Å². The van der Waals surface area contributed by atoms with Crippen LogP contribution in [0.1, 0.15) is 39.3 Å². The number of fused-ring (bicyclic) bond motifs is 1. The number of hydrogen-bond donors (Lipinski definition) is 1. The highest BCUT2D eigenvalue weighted by Gasteiger charge is 2.26. The van der Waals surface area contributed by atoms with Crippen LogP contribution in [-0.2, 0) is 0 Å². The zero-order chi connectivity index (χ0) is 21.1. The van der Waals surface area contributed by atoms with E-state index in [1.165, 1.54) is 0 Å². The molecule has 3 aromatic rings. The molecule has 6 heteroatoms. The van der Waals surface area contributed by atoms with E-state index in [4.69, 9.17) is 4.74 Å². The number of pyridine rings is 1. The molecule has 1 aliphatic heterocycles. The van der Waals surface area contributed by atoms with E-state index >= 15 is 0 Å². The highest BCUT2D eigenvalue weighted by molar-refractivity contribution is 5.98. The average molecular weight is 403 g/mol. The van der Waals surface area contributed by atoms with Crippen molar-refractivity contribution < 1.29 is 14.3 Å². The van der Waals surface area contributed by atoms with Crippen LogP contribution in [0.4, 0.5) is 0 Å². The molecule has 2 amide bonds. The summed E-state index contributed by atoms with van der Waals surface area (Å²) in [6.07, 6.45) is 1.43. The number of nitrogens with one attached hydrogen (secondary N) is 1. The molecule has 0 atom stereocenters. The SMILES string of the molecule is COc1nc(C(=O)N2CCC(NC(=O)c3ccccc3C)CC2)cc2ccccc12. The molecule has 0 spiro atoms. The molecule has 0 aliphatic carbocycles. The van der Waals surface area contributed by atoms with E-state index in [1.807, 2.05) is 61.5 Å². The highest BCUT2D eigenvalue weighted by atomic mass is 16.5. The number of nitrogens with zero attached hydrogens (tertiary/aromatic N) is 2. The van der Waals surface area contributed by atoms with Gasteiger partial charge in [0.05, 0.1) is 7.11 Å². The quantitative estimate of drug-likeness (QED) is 0.723. The lowest BCUT2D eigenvalue weighted by molar-refractivity contribution is 0.0691. The summed E-state index contributed by atoms with van der Waals surface area (Å²) in [6.45, 7) is 3.09. The van der Waals surface area contributed by atoms with Gasteiger partial charge in [-0.15, -0.1) is 0 Å². The predicted molar refractivity (Wildman–Crippen MR) is 116 cm³/mol. The first-order valence-corrected chi connectivity index (χ1v) is 10.2. The van der Waals surface area contributed by atoms with Gasteiger partial charge >= 0.3 is 0 Å². The van der Waals surface area contributed by atoms with Gasteiger partial charge in [-0.25, -0.2) is 4.98 Å². The largest absolute Gasteiger partial charge is 0.481 e. The van der Waals surface area contributed by atoms with Gasteiger partial charge in [0, 0.05) is 30.1 Å². The summed E-state index contributed by atoms with van der Waals surface area (Å²) in [6, 6.07) is 17.2. The van der Waals surface area contributed by atoms with Crippen molar-refractivity contribution in [3.63, 3.8) is 0 Å². The van der Waals surface area contributed by atoms with E-state index in [1.54, 1.807) is 12.0 Å². The van der Waals surface area contributed by atoms with Crippen LogP contribution in [0.3, 0.4) is 0 Å². The molecule has 1 N–H and O–H groups in total. The Kier molecular flexibility index (Phi) is 5.65. The van der Waals surface area contributed by atoms with Gasteiger partial charge in [0.1, 0.15) is 5.69 Å². The van der Waals surface area contributed by atoms with Crippen molar-refractivity contribution >= 4 is 22.6 Å². The zero-order valence-corrected chi connectivity index (χ0v) is 17.2. The Morgan fingerprint density at radius 3 is 2.50 bits per heavy atom. The Hall–Kier alpha value is -3.41. The minimum absolute atomic E-state index is 0.0558. The van der Waals surface area contributed by atoms with Crippen LogP contribution in [0.5, 0.6) is 5.88 Å². The summed E-state index contributed by atoms with van der Waals surface area (Å²) in [5.41, 5.74) is 2.04. The molecule has 4 rings (SSSR count). The molecule has 1 aromatic heterocycles. The number of benzene rings is 2. The topological polar surface area (TPSA) is 71.5 Å². The van der Waals surface area contributed by atoms with Crippen LogP contribution < -0.4 is 10.1 Å². The van der Waals surface area contributed by atoms with Crippen LogP contribution in [0.15, 0.2) is 54.6 Å². The third-order valence-electron chi connectivity index (χ3n) is 5.62. The van der Waals surface area contributed by atoms with Gasteiger partial charge in [0.2, 0.25) is 5.88 Å². The van der Waals surface area contributed by atoms with Gasteiger partial charge in [-0.05, 0) is 48.9 Å². The Balaban J connectivity index is 1.42. The molecule has 0 unspecified atom stereocenters. The fourth-order valence-electron chi connectivity index (χ4n) is 3.91. The first-order chi connectivity index (χ1) is 14.6. The van der Waals surface area contributed by atoms with Crippen LogP contribution in [-0.4, -0.2) is 47.9 Å². The van der Waals surface area contributed by atoms with Gasteiger partial charge < -0.3 is 15.0 Å². The summed E-state index contributed by atoms with van der Waals surface area (Å²) in [5.74, 6) is 0.290.